The van der Waals surface area contributed by atoms with Crippen molar-refractivity contribution in [3.8, 4) is 33.9 Å². The van der Waals surface area contributed by atoms with E-state index in [9.17, 15) is 0 Å². The monoisotopic (exact) mass is 613 g/mol. The smallest absolute Gasteiger partial charge is 0.163 e. The number of hydrogen-bond acceptors (Lipinski definition) is 4. The van der Waals surface area contributed by atoms with Crippen LogP contribution in [0.1, 0.15) is 22.5 Å². The first-order valence-corrected chi connectivity index (χ1v) is 16.2. The molecule has 1 aliphatic carbocycles. The second-order valence-electron chi connectivity index (χ2n) is 12.4. The van der Waals surface area contributed by atoms with Gasteiger partial charge in [-0.2, -0.15) is 0 Å². The van der Waals surface area contributed by atoms with Crippen LogP contribution < -0.4 is 0 Å². The molecule has 9 aromatic rings. The number of benzene rings is 7. The van der Waals surface area contributed by atoms with Crippen molar-refractivity contribution in [3.05, 3.63) is 186 Å². The zero-order valence-electron chi connectivity index (χ0n) is 25.8. The molecule has 0 saturated heterocycles. The van der Waals surface area contributed by atoms with Gasteiger partial charge in [-0.05, 0) is 56.8 Å². The fourth-order valence-corrected chi connectivity index (χ4v) is 7.69. The van der Waals surface area contributed by atoms with Crippen molar-refractivity contribution in [2.75, 3.05) is 0 Å². The van der Waals surface area contributed by atoms with Gasteiger partial charge in [0.25, 0.3) is 0 Å². The average molecular weight is 614 g/mol. The number of fused-ring (bicyclic) bond motifs is 7. The van der Waals surface area contributed by atoms with Gasteiger partial charge in [-0.1, -0.05) is 146 Å². The van der Waals surface area contributed by atoms with E-state index in [1.54, 1.807) is 0 Å². The van der Waals surface area contributed by atoms with Crippen molar-refractivity contribution >= 4 is 32.7 Å². The number of rotatable bonds is 4. The van der Waals surface area contributed by atoms with E-state index in [0.717, 1.165) is 55.1 Å². The van der Waals surface area contributed by atoms with Crippen LogP contribution in [-0.4, -0.2) is 15.0 Å². The van der Waals surface area contributed by atoms with E-state index in [-0.39, 0.29) is 0 Å². The highest BCUT2D eigenvalue weighted by Gasteiger charge is 2.50. The van der Waals surface area contributed by atoms with E-state index < -0.39 is 5.41 Å². The summed E-state index contributed by atoms with van der Waals surface area (Å²) in [6.45, 7) is 0. The first-order valence-electron chi connectivity index (χ1n) is 16.2. The van der Waals surface area contributed by atoms with Gasteiger partial charge in [0.1, 0.15) is 16.6 Å². The van der Waals surface area contributed by atoms with Crippen LogP contribution in [0.3, 0.4) is 0 Å². The van der Waals surface area contributed by atoms with Crippen molar-refractivity contribution in [1.29, 1.82) is 0 Å². The van der Waals surface area contributed by atoms with E-state index in [0.29, 0.717) is 17.5 Å². The van der Waals surface area contributed by atoms with Gasteiger partial charge in [-0.15, -0.1) is 0 Å². The maximum atomic E-state index is 6.48. The summed E-state index contributed by atoms with van der Waals surface area (Å²) in [5.74, 6) is 1.94. The summed E-state index contributed by atoms with van der Waals surface area (Å²) in [6.07, 6.45) is 0. The van der Waals surface area contributed by atoms with Crippen LogP contribution in [0.4, 0.5) is 0 Å². The number of aromatic nitrogens is 3. The molecule has 0 N–H and O–H groups in total. The lowest BCUT2D eigenvalue weighted by Crippen LogP contribution is -2.32. The molecular weight excluding hydrogens is 587 g/mol. The zero-order chi connectivity index (χ0) is 31.7. The highest BCUT2D eigenvalue weighted by molar-refractivity contribution is 6.08. The van der Waals surface area contributed by atoms with Crippen LogP contribution in [-0.2, 0) is 5.41 Å². The van der Waals surface area contributed by atoms with E-state index >= 15 is 0 Å². The third-order valence-electron chi connectivity index (χ3n) is 9.77. The molecule has 2 aromatic heterocycles. The van der Waals surface area contributed by atoms with Gasteiger partial charge in [0.2, 0.25) is 0 Å². The molecular formula is C44H27N3O. The molecule has 2 heterocycles. The van der Waals surface area contributed by atoms with E-state index in [1.807, 2.05) is 30.3 Å². The Balaban J connectivity index is 1.38. The Kier molecular flexibility index (Phi) is 5.75. The largest absolute Gasteiger partial charge is 0.456 e. The number of furan rings is 1. The lowest BCUT2D eigenvalue weighted by Gasteiger charge is -2.32. The predicted molar refractivity (Wildman–Crippen MR) is 193 cm³/mol. The Morgan fingerprint density at radius 3 is 1.81 bits per heavy atom. The van der Waals surface area contributed by atoms with Crippen LogP contribution in [0, 0.1) is 0 Å². The summed E-state index contributed by atoms with van der Waals surface area (Å²) in [5.41, 5.74) is 8.40. The maximum absolute atomic E-state index is 6.48. The molecule has 0 bridgehead atoms. The lowest BCUT2D eigenvalue weighted by atomic mass is 9.70. The summed E-state index contributed by atoms with van der Waals surface area (Å²) in [6, 6.07) is 57.1. The Morgan fingerprint density at radius 1 is 0.417 bits per heavy atom. The van der Waals surface area contributed by atoms with Gasteiger partial charge < -0.3 is 4.42 Å². The van der Waals surface area contributed by atoms with Crippen LogP contribution in [0.15, 0.2) is 168 Å². The summed E-state index contributed by atoms with van der Waals surface area (Å²) in [4.78, 5) is 16.1. The number of para-hydroxylation sites is 1. The highest BCUT2D eigenvalue weighted by Crippen LogP contribution is 2.57. The molecule has 4 heteroatoms. The highest BCUT2D eigenvalue weighted by atomic mass is 16.3. The van der Waals surface area contributed by atoms with Gasteiger partial charge >= 0.3 is 0 Å². The van der Waals surface area contributed by atoms with Gasteiger partial charge in [-0.3, -0.25) is 0 Å². The molecule has 10 rings (SSSR count). The minimum absolute atomic E-state index is 0.634. The summed E-state index contributed by atoms with van der Waals surface area (Å²) in [7, 11) is 0. The van der Waals surface area contributed by atoms with Gasteiger partial charge in [0, 0.05) is 21.9 Å². The van der Waals surface area contributed by atoms with Crippen molar-refractivity contribution < 1.29 is 4.42 Å². The van der Waals surface area contributed by atoms with Gasteiger partial charge in [-0.25, -0.2) is 15.0 Å². The molecule has 7 aromatic carbocycles. The summed E-state index contributed by atoms with van der Waals surface area (Å²) in [5, 5.41) is 4.44. The topological polar surface area (TPSA) is 51.8 Å². The average Bonchev–Trinajstić information content (AvgIpc) is 3.69. The first kappa shape index (κ1) is 26.8. The Hall–Kier alpha value is -6.39. The third-order valence-corrected chi connectivity index (χ3v) is 9.77. The molecule has 4 nitrogen and oxygen atoms in total. The van der Waals surface area contributed by atoms with E-state index in [1.165, 1.54) is 16.5 Å². The lowest BCUT2D eigenvalue weighted by molar-refractivity contribution is 0.665. The molecule has 0 unspecified atom stereocenters. The molecule has 0 amide bonds. The quantitative estimate of drug-likeness (QED) is 0.198. The third kappa shape index (κ3) is 3.80. The minimum atomic E-state index is -0.864. The Bertz CT molecular complexity index is 2650. The molecule has 224 valence electrons. The van der Waals surface area contributed by atoms with Crippen LogP contribution in [0.2, 0.25) is 0 Å². The van der Waals surface area contributed by atoms with Gasteiger partial charge in [0.15, 0.2) is 17.5 Å². The van der Waals surface area contributed by atoms with Crippen molar-refractivity contribution in [1.82, 2.24) is 15.0 Å². The molecule has 1 aliphatic rings. The van der Waals surface area contributed by atoms with Gasteiger partial charge in [0.05, 0.1) is 0 Å². The Morgan fingerprint density at radius 2 is 1.02 bits per heavy atom. The standard InChI is InChI=1S/C44H27N3O/c1-2-14-29(15-3-1)41-45-42(31-26-25-28-13-4-5-16-30(28)27-31)47-43(46-41)44(35-20-9-6-17-32(35)33-18-7-10-21-36(33)44)37-22-12-24-39-40(37)34-19-8-11-23-38(34)48-39/h1-27H. The number of nitrogens with zero attached hydrogens (tertiary/aromatic N) is 3. The normalized spacial score (nSPS) is 13.2. The molecule has 48 heavy (non-hydrogen) atoms. The minimum Gasteiger partial charge on any atom is -0.456 e. The van der Waals surface area contributed by atoms with E-state index in [4.69, 9.17) is 19.4 Å². The molecule has 0 radical (unpaired) electrons. The number of hydrogen-bond donors (Lipinski definition) is 0. The molecule has 0 fully saturated rings. The van der Waals surface area contributed by atoms with Crippen LogP contribution in [0.5, 0.6) is 0 Å². The van der Waals surface area contributed by atoms with Crippen LogP contribution in [0.25, 0.3) is 66.6 Å². The first-order chi connectivity index (χ1) is 23.8. The second-order valence-corrected chi connectivity index (χ2v) is 12.4. The zero-order valence-corrected chi connectivity index (χ0v) is 25.8. The van der Waals surface area contributed by atoms with E-state index in [2.05, 4.69) is 133 Å². The van der Waals surface area contributed by atoms with Crippen molar-refractivity contribution in [2.45, 2.75) is 5.41 Å². The second kappa shape index (κ2) is 10.3. The SMILES string of the molecule is c1ccc(-c2nc(-c3ccc4ccccc4c3)nc(C3(c4cccc5oc6ccccc6c45)c4ccccc4-c4ccccc43)n2)cc1. The maximum Gasteiger partial charge on any atom is 0.163 e. The Labute approximate surface area is 277 Å². The predicted octanol–water partition coefficient (Wildman–Crippen LogP) is 10.6. The van der Waals surface area contributed by atoms with Crippen LogP contribution >= 0.6 is 0 Å². The van der Waals surface area contributed by atoms with Crippen molar-refractivity contribution in [3.63, 3.8) is 0 Å². The molecule has 0 atom stereocenters. The van der Waals surface area contributed by atoms with Crippen molar-refractivity contribution in [2.24, 2.45) is 0 Å². The molecule has 0 aliphatic heterocycles. The fraction of sp³-hybridized carbons (Fsp3) is 0.0227. The fourth-order valence-electron chi connectivity index (χ4n) is 7.69. The summed E-state index contributed by atoms with van der Waals surface area (Å²) < 4.78 is 6.48. The summed E-state index contributed by atoms with van der Waals surface area (Å²) >= 11 is 0. The molecule has 0 spiro atoms. The molecule has 0 saturated carbocycles.